The lowest BCUT2D eigenvalue weighted by atomic mass is 10.1. The normalized spacial score (nSPS) is 10.4. The van der Waals surface area contributed by atoms with Crippen LogP contribution in [-0.2, 0) is 11.3 Å². The van der Waals surface area contributed by atoms with E-state index in [1.165, 1.54) is 31.6 Å². The minimum atomic E-state index is -0.876. The summed E-state index contributed by atoms with van der Waals surface area (Å²) in [7, 11) is 1.50. The molecule has 1 aromatic carbocycles. The van der Waals surface area contributed by atoms with Gasteiger partial charge in [-0.3, -0.25) is 4.79 Å². The molecule has 0 aliphatic carbocycles. The number of carbonyl (C=O) groups is 1. The maximum atomic E-state index is 13.3. The molecule has 0 aliphatic rings. The molecule has 0 bridgehead atoms. The third-order valence-corrected chi connectivity index (χ3v) is 2.65. The Morgan fingerprint density at radius 3 is 3.00 bits per heavy atom. The van der Waals surface area contributed by atoms with Crippen LogP contribution in [0.3, 0.4) is 0 Å². The molecular formula is C13H13FN2O3. The molecule has 0 spiro atoms. The van der Waals surface area contributed by atoms with Gasteiger partial charge in [0.15, 0.2) is 0 Å². The summed E-state index contributed by atoms with van der Waals surface area (Å²) >= 11 is 0. The molecule has 0 saturated carbocycles. The molecule has 2 rings (SSSR count). The minimum absolute atomic E-state index is 0.0100. The summed E-state index contributed by atoms with van der Waals surface area (Å²) in [6.07, 6.45) is 3.19. The number of aryl methyl sites for hydroxylation is 1. The Balaban J connectivity index is 2.27. The van der Waals surface area contributed by atoms with Gasteiger partial charge in [0.1, 0.15) is 11.6 Å². The van der Waals surface area contributed by atoms with E-state index in [9.17, 15) is 9.18 Å². The van der Waals surface area contributed by atoms with E-state index in [-0.39, 0.29) is 12.2 Å². The van der Waals surface area contributed by atoms with E-state index in [4.69, 9.17) is 9.84 Å². The first-order chi connectivity index (χ1) is 9.10. The molecule has 1 heterocycles. The molecule has 5 nitrogen and oxygen atoms in total. The van der Waals surface area contributed by atoms with Crippen molar-refractivity contribution in [2.24, 2.45) is 0 Å². The summed E-state index contributed by atoms with van der Waals surface area (Å²) in [6.45, 7) is 0.319. The first kappa shape index (κ1) is 13.1. The SMILES string of the molecule is COc1ccc(F)cc1-c1cn(CCC(=O)O)cn1. The zero-order chi connectivity index (χ0) is 13.8. The van der Waals surface area contributed by atoms with Gasteiger partial charge in [-0.1, -0.05) is 0 Å². The minimum Gasteiger partial charge on any atom is -0.496 e. The number of aromatic nitrogens is 2. The van der Waals surface area contributed by atoms with Gasteiger partial charge in [-0.25, -0.2) is 9.37 Å². The quantitative estimate of drug-likeness (QED) is 0.898. The average Bonchev–Trinajstić information content (AvgIpc) is 2.85. The lowest BCUT2D eigenvalue weighted by Crippen LogP contribution is -2.02. The molecular weight excluding hydrogens is 251 g/mol. The second-order valence-corrected chi connectivity index (χ2v) is 3.99. The number of benzene rings is 1. The first-order valence-electron chi connectivity index (χ1n) is 5.67. The third-order valence-electron chi connectivity index (χ3n) is 2.65. The largest absolute Gasteiger partial charge is 0.496 e. The number of carboxylic acid groups (broad SMARTS) is 1. The number of carboxylic acids is 1. The maximum Gasteiger partial charge on any atom is 0.305 e. The van der Waals surface area contributed by atoms with Gasteiger partial charge < -0.3 is 14.4 Å². The molecule has 0 atom stereocenters. The number of ether oxygens (including phenoxy) is 1. The summed E-state index contributed by atoms with van der Waals surface area (Å²) in [6, 6.07) is 4.17. The predicted octanol–water partition coefficient (Wildman–Crippen LogP) is 2.17. The molecule has 100 valence electrons. The van der Waals surface area contributed by atoms with Crippen LogP contribution >= 0.6 is 0 Å². The number of imidazole rings is 1. The van der Waals surface area contributed by atoms with E-state index < -0.39 is 5.97 Å². The van der Waals surface area contributed by atoms with Crippen LogP contribution in [0.5, 0.6) is 5.75 Å². The Hall–Kier alpha value is -2.37. The average molecular weight is 264 g/mol. The molecule has 19 heavy (non-hydrogen) atoms. The smallest absolute Gasteiger partial charge is 0.305 e. The number of nitrogens with zero attached hydrogens (tertiary/aromatic N) is 2. The number of hydrogen-bond donors (Lipinski definition) is 1. The van der Waals surface area contributed by atoms with E-state index in [2.05, 4.69) is 4.98 Å². The van der Waals surface area contributed by atoms with Gasteiger partial charge in [0.05, 0.1) is 25.6 Å². The van der Waals surface area contributed by atoms with E-state index in [0.717, 1.165) is 0 Å². The summed E-state index contributed by atoms with van der Waals surface area (Å²) < 4.78 is 20.1. The highest BCUT2D eigenvalue weighted by atomic mass is 19.1. The summed E-state index contributed by atoms with van der Waals surface area (Å²) in [4.78, 5) is 14.6. The van der Waals surface area contributed by atoms with Crippen molar-refractivity contribution in [1.29, 1.82) is 0 Å². The van der Waals surface area contributed by atoms with Crippen LogP contribution in [0.25, 0.3) is 11.3 Å². The van der Waals surface area contributed by atoms with Gasteiger partial charge in [-0.15, -0.1) is 0 Å². The molecule has 0 unspecified atom stereocenters. The Morgan fingerprint density at radius 2 is 2.32 bits per heavy atom. The van der Waals surface area contributed by atoms with Crippen LogP contribution in [0.15, 0.2) is 30.7 Å². The summed E-state index contributed by atoms with van der Waals surface area (Å²) in [5.41, 5.74) is 1.08. The molecule has 6 heteroatoms. The number of halogens is 1. The van der Waals surface area contributed by atoms with Gasteiger partial charge >= 0.3 is 5.97 Å². The zero-order valence-electron chi connectivity index (χ0n) is 10.3. The van der Waals surface area contributed by atoms with Crippen molar-refractivity contribution in [2.75, 3.05) is 7.11 Å². The molecule has 1 aromatic heterocycles. The van der Waals surface area contributed by atoms with Gasteiger partial charge in [0.25, 0.3) is 0 Å². The summed E-state index contributed by atoms with van der Waals surface area (Å²) in [5.74, 6) is -0.737. The predicted molar refractivity (Wildman–Crippen MR) is 66.4 cm³/mol. The van der Waals surface area contributed by atoms with Gasteiger partial charge in [0.2, 0.25) is 0 Å². The fourth-order valence-corrected chi connectivity index (χ4v) is 1.73. The number of methoxy groups -OCH3 is 1. The van der Waals surface area contributed by atoms with Gasteiger partial charge in [-0.2, -0.15) is 0 Å². The van der Waals surface area contributed by atoms with Crippen molar-refractivity contribution in [2.45, 2.75) is 13.0 Å². The fourth-order valence-electron chi connectivity index (χ4n) is 1.73. The Morgan fingerprint density at radius 1 is 1.53 bits per heavy atom. The van der Waals surface area contributed by atoms with Crippen LogP contribution in [0.1, 0.15) is 6.42 Å². The van der Waals surface area contributed by atoms with Crippen LogP contribution in [0.4, 0.5) is 4.39 Å². The van der Waals surface area contributed by atoms with E-state index in [0.29, 0.717) is 23.6 Å². The van der Waals surface area contributed by atoms with Gasteiger partial charge in [0, 0.05) is 18.3 Å². The maximum absolute atomic E-state index is 13.3. The van der Waals surface area contributed by atoms with Crippen LogP contribution in [0.2, 0.25) is 0 Å². The first-order valence-corrected chi connectivity index (χ1v) is 5.67. The topological polar surface area (TPSA) is 64.3 Å². The number of hydrogen-bond acceptors (Lipinski definition) is 3. The molecule has 0 fully saturated rings. The number of rotatable bonds is 5. The molecule has 0 aliphatic heterocycles. The van der Waals surface area contributed by atoms with Crippen molar-refractivity contribution in [3.05, 3.63) is 36.5 Å². The summed E-state index contributed by atoms with van der Waals surface area (Å²) in [5, 5.41) is 8.61. The standard InChI is InChI=1S/C13H13FN2O3/c1-19-12-3-2-9(14)6-10(12)11-7-16(8-15-11)5-4-13(17)18/h2-3,6-8H,4-5H2,1H3,(H,17,18). The van der Waals surface area contributed by atoms with E-state index in [1.54, 1.807) is 10.8 Å². The highest BCUT2D eigenvalue weighted by Crippen LogP contribution is 2.29. The molecule has 0 saturated heterocycles. The van der Waals surface area contributed by atoms with Crippen molar-refractivity contribution in [3.63, 3.8) is 0 Å². The Labute approximate surface area is 109 Å². The third kappa shape index (κ3) is 3.09. The molecule has 0 radical (unpaired) electrons. The van der Waals surface area contributed by atoms with Crippen molar-refractivity contribution >= 4 is 5.97 Å². The monoisotopic (exact) mass is 264 g/mol. The second-order valence-electron chi connectivity index (χ2n) is 3.99. The highest BCUT2D eigenvalue weighted by molar-refractivity contribution is 5.67. The Kier molecular flexibility index (Phi) is 3.79. The van der Waals surface area contributed by atoms with Crippen molar-refractivity contribution in [1.82, 2.24) is 9.55 Å². The molecule has 0 amide bonds. The van der Waals surface area contributed by atoms with Crippen LogP contribution in [0, 0.1) is 5.82 Å². The van der Waals surface area contributed by atoms with Crippen LogP contribution < -0.4 is 4.74 Å². The molecule has 1 N–H and O–H groups in total. The van der Waals surface area contributed by atoms with Crippen molar-refractivity contribution < 1.29 is 19.0 Å². The van der Waals surface area contributed by atoms with Crippen molar-refractivity contribution in [3.8, 4) is 17.0 Å². The van der Waals surface area contributed by atoms with Gasteiger partial charge in [-0.05, 0) is 18.2 Å². The lowest BCUT2D eigenvalue weighted by molar-refractivity contribution is -0.137. The highest BCUT2D eigenvalue weighted by Gasteiger charge is 2.10. The van der Waals surface area contributed by atoms with E-state index in [1.807, 2.05) is 0 Å². The second kappa shape index (κ2) is 5.51. The molecule has 2 aromatic rings. The van der Waals surface area contributed by atoms with Crippen LogP contribution in [-0.4, -0.2) is 27.7 Å². The fraction of sp³-hybridized carbons (Fsp3) is 0.231. The number of aliphatic carboxylic acids is 1. The van der Waals surface area contributed by atoms with E-state index >= 15 is 0 Å². The lowest BCUT2D eigenvalue weighted by Gasteiger charge is -2.05. The zero-order valence-corrected chi connectivity index (χ0v) is 10.3. The Bertz CT molecular complexity index is 595.